The Morgan fingerprint density at radius 2 is 2.18 bits per heavy atom. The minimum atomic E-state index is 0.765. The average Bonchev–Trinajstić information content (AvgIpc) is 2.55. The van der Waals surface area contributed by atoms with E-state index in [-0.39, 0.29) is 0 Å². The Balaban J connectivity index is 2.52. The molecule has 0 spiro atoms. The standard InChI is InChI=1S/C13H16BrN3/c1-9-5-4-6-10(7-9)12-13(14)16-11(8-15-2)17(12)3/h4-7,15H,8H2,1-3H3. The number of nitrogens with one attached hydrogen (secondary N) is 1. The van der Waals surface area contributed by atoms with Crippen molar-refractivity contribution in [1.29, 1.82) is 0 Å². The number of nitrogens with zero attached hydrogens (tertiary/aromatic N) is 2. The zero-order chi connectivity index (χ0) is 12.4. The molecule has 0 saturated heterocycles. The van der Waals surface area contributed by atoms with Gasteiger partial charge in [-0.2, -0.15) is 0 Å². The predicted molar refractivity (Wildman–Crippen MR) is 73.8 cm³/mol. The fourth-order valence-corrected chi connectivity index (χ4v) is 2.63. The molecule has 3 nitrogen and oxygen atoms in total. The summed E-state index contributed by atoms with van der Waals surface area (Å²) in [7, 11) is 3.97. The fourth-order valence-electron chi connectivity index (χ4n) is 1.93. The third-order valence-corrected chi connectivity index (χ3v) is 3.32. The summed E-state index contributed by atoms with van der Waals surface area (Å²) in [6.45, 7) is 2.86. The highest BCUT2D eigenvalue weighted by atomic mass is 79.9. The van der Waals surface area contributed by atoms with Crippen molar-refractivity contribution in [3.63, 3.8) is 0 Å². The quantitative estimate of drug-likeness (QED) is 0.943. The van der Waals surface area contributed by atoms with Gasteiger partial charge in [0, 0.05) is 12.6 Å². The Labute approximate surface area is 110 Å². The lowest BCUT2D eigenvalue weighted by Gasteiger charge is -2.06. The highest BCUT2D eigenvalue weighted by Gasteiger charge is 2.13. The van der Waals surface area contributed by atoms with Gasteiger partial charge in [0.25, 0.3) is 0 Å². The maximum atomic E-state index is 4.52. The molecule has 1 N–H and O–H groups in total. The molecule has 0 aliphatic carbocycles. The molecule has 0 aliphatic heterocycles. The molecule has 1 aromatic carbocycles. The van der Waals surface area contributed by atoms with E-state index in [0.29, 0.717) is 0 Å². The van der Waals surface area contributed by atoms with Gasteiger partial charge in [-0.25, -0.2) is 4.98 Å². The van der Waals surface area contributed by atoms with Crippen molar-refractivity contribution < 1.29 is 0 Å². The van der Waals surface area contributed by atoms with Crippen LogP contribution in [0, 0.1) is 6.92 Å². The van der Waals surface area contributed by atoms with Gasteiger partial charge >= 0.3 is 0 Å². The number of aromatic nitrogens is 2. The van der Waals surface area contributed by atoms with Gasteiger partial charge in [-0.3, -0.25) is 0 Å². The summed E-state index contributed by atoms with van der Waals surface area (Å²) in [5, 5.41) is 3.12. The van der Waals surface area contributed by atoms with Crippen LogP contribution in [0.25, 0.3) is 11.3 Å². The van der Waals surface area contributed by atoms with Gasteiger partial charge in [-0.1, -0.05) is 23.8 Å². The highest BCUT2D eigenvalue weighted by Crippen LogP contribution is 2.28. The van der Waals surface area contributed by atoms with Crippen LogP contribution in [-0.4, -0.2) is 16.6 Å². The van der Waals surface area contributed by atoms with Crippen molar-refractivity contribution in [2.24, 2.45) is 7.05 Å². The van der Waals surface area contributed by atoms with Gasteiger partial charge in [0.2, 0.25) is 0 Å². The van der Waals surface area contributed by atoms with Crippen LogP contribution in [-0.2, 0) is 13.6 Å². The molecule has 1 aromatic heterocycles. The number of hydrogen-bond donors (Lipinski definition) is 1. The molecule has 0 aliphatic rings. The minimum absolute atomic E-state index is 0.765. The minimum Gasteiger partial charge on any atom is -0.329 e. The number of halogens is 1. The number of rotatable bonds is 3. The summed E-state index contributed by atoms with van der Waals surface area (Å²) in [6, 6.07) is 8.45. The van der Waals surface area contributed by atoms with Gasteiger partial charge < -0.3 is 9.88 Å². The molecule has 90 valence electrons. The van der Waals surface area contributed by atoms with E-state index in [4.69, 9.17) is 0 Å². The maximum absolute atomic E-state index is 4.52. The molecule has 0 saturated carbocycles. The molecule has 1 heterocycles. The first-order valence-corrected chi connectivity index (χ1v) is 6.35. The summed E-state index contributed by atoms with van der Waals surface area (Å²) in [5.74, 6) is 1.02. The second kappa shape index (κ2) is 5.02. The van der Waals surface area contributed by atoms with Crippen LogP contribution < -0.4 is 5.32 Å². The van der Waals surface area contributed by atoms with E-state index < -0.39 is 0 Å². The lowest BCUT2D eigenvalue weighted by Crippen LogP contribution is -2.10. The molecular weight excluding hydrogens is 278 g/mol. The van der Waals surface area contributed by atoms with Crippen molar-refractivity contribution >= 4 is 15.9 Å². The SMILES string of the molecule is CNCc1nc(Br)c(-c2cccc(C)c2)n1C. The van der Waals surface area contributed by atoms with Gasteiger partial charge in [0.1, 0.15) is 10.4 Å². The molecule has 0 radical (unpaired) electrons. The number of benzene rings is 1. The number of aryl methyl sites for hydroxylation is 1. The number of hydrogen-bond acceptors (Lipinski definition) is 2. The van der Waals surface area contributed by atoms with Gasteiger partial charge in [0.05, 0.1) is 12.2 Å². The molecule has 0 unspecified atom stereocenters. The highest BCUT2D eigenvalue weighted by molar-refractivity contribution is 9.10. The number of imidazole rings is 1. The summed E-state index contributed by atoms with van der Waals surface area (Å²) in [6.07, 6.45) is 0. The molecule has 2 aromatic rings. The summed E-state index contributed by atoms with van der Waals surface area (Å²) >= 11 is 3.54. The topological polar surface area (TPSA) is 29.9 Å². The predicted octanol–water partition coefficient (Wildman–Crippen LogP) is 2.88. The van der Waals surface area contributed by atoms with Gasteiger partial charge in [-0.05, 0) is 36.0 Å². The molecule has 2 rings (SSSR count). The van der Waals surface area contributed by atoms with E-state index in [2.05, 4.69) is 62.0 Å². The largest absolute Gasteiger partial charge is 0.329 e. The first-order valence-electron chi connectivity index (χ1n) is 5.56. The van der Waals surface area contributed by atoms with E-state index in [0.717, 1.165) is 22.7 Å². The zero-order valence-corrected chi connectivity index (χ0v) is 11.9. The molecule has 0 atom stereocenters. The Morgan fingerprint density at radius 1 is 1.41 bits per heavy atom. The zero-order valence-electron chi connectivity index (χ0n) is 10.3. The molecule has 0 bridgehead atoms. The average molecular weight is 294 g/mol. The van der Waals surface area contributed by atoms with Crippen LogP contribution in [0.2, 0.25) is 0 Å². The lowest BCUT2D eigenvalue weighted by molar-refractivity contribution is 0.712. The van der Waals surface area contributed by atoms with E-state index in [1.807, 2.05) is 14.1 Å². The first kappa shape index (κ1) is 12.3. The van der Waals surface area contributed by atoms with Crippen molar-refractivity contribution in [2.45, 2.75) is 13.5 Å². The molecular formula is C13H16BrN3. The van der Waals surface area contributed by atoms with Crippen LogP contribution in [0.3, 0.4) is 0 Å². The first-order chi connectivity index (χ1) is 8.13. The Kier molecular flexibility index (Phi) is 3.64. The van der Waals surface area contributed by atoms with Crippen molar-refractivity contribution in [3.05, 3.63) is 40.3 Å². The molecule has 0 amide bonds. The molecule has 0 fully saturated rings. The van der Waals surface area contributed by atoms with Crippen LogP contribution >= 0.6 is 15.9 Å². The summed E-state index contributed by atoms with van der Waals surface area (Å²) in [5.41, 5.74) is 3.57. The van der Waals surface area contributed by atoms with Crippen LogP contribution in [0.1, 0.15) is 11.4 Å². The Morgan fingerprint density at radius 3 is 2.82 bits per heavy atom. The van der Waals surface area contributed by atoms with Crippen molar-refractivity contribution in [1.82, 2.24) is 14.9 Å². The van der Waals surface area contributed by atoms with E-state index >= 15 is 0 Å². The lowest BCUT2D eigenvalue weighted by atomic mass is 10.1. The summed E-state index contributed by atoms with van der Waals surface area (Å²) in [4.78, 5) is 4.52. The molecule has 17 heavy (non-hydrogen) atoms. The normalized spacial score (nSPS) is 10.8. The van der Waals surface area contributed by atoms with Gasteiger partial charge in [0.15, 0.2) is 0 Å². The third kappa shape index (κ3) is 2.42. The monoisotopic (exact) mass is 293 g/mol. The van der Waals surface area contributed by atoms with Crippen molar-refractivity contribution in [3.8, 4) is 11.3 Å². The van der Waals surface area contributed by atoms with Crippen LogP contribution in [0.5, 0.6) is 0 Å². The Hall–Kier alpha value is -1.13. The second-order valence-corrected chi connectivity index (χ2v) is 4.88. The smallest absolute Gasteiger partial charge is 0.132 e. The molecule has 4 heteroatoms. The summed E-state index contributed by atoms with van der Waals surface area (Å²) < 4.78 is 3.02. The van der Waals surface area contributed by atoms with Crippen molar-refractivity contribution in [2.75, 3.05) is 7.05 Å². The van der Waals surface area contributed by atoms with Crippen LogP contribution in [0.4, 0.5) is 0 Å². The fraction of sp³-hybridized carbons (Fsp3) is 0.308. The van der Waals surface area contributed by atoms with E-state index in [1.165, 1.54) is 11.1 Å². The Bertz CT molecular complexity index is 531. The van der Waals surface area contributed by atoms with E-state index in [9.17, 15) is 0 Å². The van der Waals surface area contributed by atoms with Gasteiger partial charge in [-0.15, -0.1) is 0 Å². The van der Waals surface area contributed by atoms with E-state index in [1.54, 1.807) is 0 Å². The van der Waals surface area contributed by atoms with Crippen LogP contribution in [0.15, 0.2) is 28.9 Å². The third-order valence-electron chi connectivity index (χ3n) is 2.77. The maximum Gasteiger partial charge on any atom is 0.132 e. The second-order valence-electron chi connectivity index (χ2n) is 4.13.